The summed E-state index contributed by atoms with van der Waals surface area (Å²) in [4.78, 5) is 0. The first kappa shape index (κ1) is 44.3. The third-order valence-corrected chi connectivity index (χ3v) is 16.3. The van der Waals surface area contributed by atoms with E-state index in [2.05, 4.69) is 55.5 Å². The SMILES string of the molecule is CC(CCC(c1ccc(O)cc1)(c1ccc(O)cc1)c1ccc(O)cc1)(C1CCC(c2ccc(O)cc2)(c2ccc(O)cc2)CC1)C1CCC(c2ccc(O)cc2)(c2ccc(O)cc2)CC1. The Kier molecular flexibility index (Phi) is 12.0. The molecular formula is C59H60O7. The first-order chi connectivity index (χ1) is 31.8. The number of benzene rings is 7. The molecule has 9 rings (SSSR count). The van der Waals surface area contributed by atoms with Gasteiger partial charge in [0.1, 0.15) is 40.2 Å². The van der Waals surface area contributed by atoms with Gasteiger partial charge in [-0.25, -0.2) is 0 Å². The fourth-order valence-corrected chi connectivity index (χ4v) is 12.5. The Morgan fingerprint density at radius 3 is 0.773 bits per heavy atom. The van der Waals surface area contributed by atoms with Crippen LogP contribution in [0.4, 0.5) is 0 Å². The maximum absolute atomic E-state index is 10.6. The zero-order valence-corrected chi connectivity index (χ0v) is 37.5. The smallest absolute Gasteiger partial charge is 0.115 e. The Hall–Kier alpha value is -6.86. The van der Waals surface area contributed by atoms with Gasteiger partial charge in [0, 0.05) is 16.2 Å². The van der Waals surface area contributed by atoms with Gasteiger partial charge in [-0.15, -0.1) is 0 Å². The second-order valence-corrected chi connectivity index (χ2v) is 19.5. The van der Waals surface area contributed by atoms with Crippen molar-refractivity contribution in [1.82, 2.24) is 0 Å². The molecule has 2 fully saturated rings. The molecule has 0 aromatic heterocycles. The van der Waals surface area contributed by atoms with Gasteiger partial charge >= 0.3 is 0 Å². The van der Waals surface area contributed by atoms with E-state index in [1.807, 2.05) is 36.4 Å². The molecule has 338 valence electrons. The van der Waals surface area contributed by atoms with Crippen LogP contribution >= 0.6 is 0 Å². The van der Waals surface area contributed by atoms with Gasteiger partial charge in [-0.3, -0.25) is 0 Å². The summed E-state index contributed by atoms with van der Waals surface area (Å²) in [6.45, 7) is 2.53. The Balaban J connectivity index is 1.14. The molecule has 0 spiro atoms. The average Bonchev–Trinajstić information content (AvgIpc) is 3.34. The molecule has 0 amide bonds. The highest BCUT2D eigenvalue weighted by atomic mass is 16.3. The van der Waals surface area contributed by atoms with E-state index < -0.39 is 5.41 Å². The zero-order chi connectivity index (χ0) is 46.1. The Labute approximate surface area is 388 Å². The number of hydrogen-bond acceptors (Lipinski definition) is 7. The van der Waals surface area contributed by atoms with Crippen LogP contribution in [0.3, 0.4) is 0 Å². The van der Waals surface area contributed by atoms with Crippen molar-refractivity contribution in [3.05, 3.63) is 209 Å². The van der Waals surface area contributed by atoms with Crippen molar-refractivity contribution in [2.75, 3.05) is 0 Å². The molecule has 0 unspecified atom stereocenters. The van der Waals surface area contributed by atoms with Crippen molar-refractivity contribution in [2.24, 2.45) is 17.3 Å². The standard InChI is InChI=1S/C59H60O7/c1-56(40-30-34-57(35-31-40,42-2-16-49(60)17-3-42)43-4-18-50(61)19-5-43,41-32-36-58(37-33-41,44-6-20-51(62)21-7-44)45-8-22-52(63)23-9-45)38-39-59(46-10-24-53(64)25-11-46,47-12-26-54(65)27-13-47)48-14-28-55(66)29-15-48/h2-29,40-41,60-66H,30-39H2,1H3. The van der Waals surface area contributed by atoms with Gasteiger partial charge in [0.15, 0.2) is 0 Å². The largest absolute Gasteiger partial charge is 0.508 e. The lowest BCUT2D eigenvalue weighted by Crippen LogP contribution is -2.45. The number of phenols is 7. The van der Waals surface area contributed by atoms with E-state index in [4.69, 9.17) is 0 Å². The van der Waals surface area contributed by atoms with Crippen LogP contribution in [-0.2, 0) is 16.2 Å². The van der Waals surface area contributed by atoms with Gasteiger partial charge in [-0.05, 0) is 205 Å². The van der Waals surface area contributed by atoms with E-state index in [0.29, 0.717) is 18.3 Å². The second kappa shape index (κ2) is 17.8. The maximum atomic E-state index is 10.6. The fraction of sp³-hybridized carbons (Fsp3) is 0.288. The topological polar surface area (TPSA) is 142 Å². The van der Waals surface area contributed by atoms with Crippen molar-refractivity contribution < 1.29 is 35.7 Å². The summed E-state index contributed by atoms with van der Waals surface area (Å²) in [6, 6.07) is 53.1. The summed E-state index contributed by atoms with van der Waals surface area (Å²) in [5, 5.41) is 73.2. The van der Waals surface area contributed by atoms with Gasteiger partial charge < -0.3 is 35.7 Å². The summed E-state index contributed by atoms with van der Waals surface area (Å²) < 4.78 is 0. The van der Waals surface area contributed by atoms with E-state index in [1.165, 1.54) is 0 Å². The van der Waals surface area contributed by atoms with Crippen molar-refractivity contribution in [3.63, 3.8) is 0 Å². The molecule has 0 radical (unpaired) electrons. The molecule has 2 aliphatic carbocycles. The van der Waals surface area contributed by atoms with Gasteiger partial charge in [0.25, 0.3) is 0 Å². The highest BCUT2D eigenvalue weighted by Crippen LogP contribution is 2.60. The Morgan fingerprint density at radius 2 is 0.545 bits per heavy atom. The van der Waals surface area contributed by atoms with Crippen LogP contribution < -0.4 is 0 Å². The number of phenolic OH excluding ortho intramolecular Hbond substituents is 7. The van der Waals surface area contributed by atoms with Crippen LogP contribution in [0.2, 0.25) is 0 Å². The summed E-state index contributed by atoms with van der Waals surface area (Å²) in [5.74, 6) is 2.11. The van der Waals surface area contributed by atoms with Gasteiger partial charge in [-0.2, -0.15) is 0 Å². The van der Waals surface area contributed by atoms with Crippen LogP contribution in [0.1, 0.15) is 110 Å². The maximum Gasteiger partial charge on any atom is 0.115 e. The van der Waals surface area contributed by atoms with E-state index in [9.17, 15) is 35.7 Å². The third-order valence-electron chi connectivity index (χ3n) is 16.3. The van der Waals surface area contributed by atoms with Gasteiger partial charge in [-0.1, -0.05) is 91.9 Å². The zero-order valence-electron chi connectivity index (χ0n) is 37.5. The van der Waals surface area contributed by atoms with Crippen LogP contribution in [-0.4, -0.2) is 35.7 Å². The van der Waals surface area contributed by atoms with E-state index >= 15 is 0 Å². The molecule has 2 saturated carbocycles. The van der Waals surface area contributed by atoms with Crippen molar-refractivity contribution in [2.45, 2.75) is 87.4 Å². The molecule has 0 saturated heterocycles. The molecule has 7 aromatic carbocycles. The van der Waals surface area contributed by atoms with Crippen molar-refractivity contribution >= 4 is 0 Å². The molecule has 66 heavy (non-hydrogen) atoms. The minimum Gasteiger partial charge on any atom is -0.508 e. The number of aromatic hydroxyl groups is 7. The van der Waals surface area contributed by atoms with Gasteiger partial charge in [0.05, 0.1) is 0 Å². The summed E-state index contributed by atoms with van der Waals surface area (Å²) in [6.07, 6.45) is 8.95. The molecule has 0 atom stereocenters. The summed E-state index contributed by atoms with van der Waals surface area (Å²) in [5.41, 5.74) is 6.11. The lowest BCUT2D eigenvalue weighted by Gasteiger charge is -2.54. The van der Waals surface area contributed by atoms with Crippen LogP contribution in [0.5, 0.6) is 40.2 Å². The molecule has 7 N–H and O–H groups in total. The quantitative estimate of drug-likeness (QED) is 0.0606. The van der Waals surface area contributed by atoms with Crippen LogP contribution in [0, 0.1) is 17.3 Å². The first-order valence-electron chi connectivity index (χ1n) is 23.4. The predicted octanol–water partition coefficient (Wildman–Crippen LogP) is 13.1. The third kappa shape index (κ3) is 8.21. The summed E-state index contributed by atoms with van der Waals surface area (Å²) >= 11 is 0. The predicted molar refractivity (Wildman–Crippen MR) is 259 cm³/mol. The molecule has 7 aromatic rings. The average molecular weight is 881 g/mol. The van der Waals surface area contributed by atoms with Crippen LogP contribution in [0.15, 0.2) is 170 Å². The van der Waals surface area contributed by atoms with Crippen molar-refractivity contribution in [3.8, 4) is 40.2 Å². The first-order valence-corrected chi connectivity index (χ1v) is 23.4. The van der Waals surface area contributed by atoms with Crippen molar-refractivity contribution in [1.29, 1.82) is 0 Å². The monoisotopic (exact) mass is 880 g/mol. The van der Waals surface area contributed by atoms with E-state index in [-0.39, 0.29) is 56.5 Å². The molecular weight excluding hydrogens is 821 g/mol. The highest BCUT2D eigenvalue weighted by Gasteiger charge is 2.51. The molecule has 2 aliphatic rings. The fourth-order valence-electron chi connectivity index (χ4n) is 12.5. The van der Waals surface area contributed by atoms with E-state index in [1.54, 1.807) is 84.9 Å². The number of hydrogen-bond donors (Lipinski definition) is 7. The normalized spacial score (nSPS) is 16.7. The number of rotatable bonds is 12. The second-order valence-electron chi connectivity index (χ2n) is 19.5. The molecule has 0 heterocycles. The molecule has 0 aliphatic heterocycles. The Bertz CT molecular complexity index is 2370. The lowest BCUT2D eigenvalue weighted by atomic mass is 9.50. The molecule has 7 nitrogen and oxygen atoms in total. The molecule has 7 heteroatoms. The van der Waals surface area contributed by atoms with Crippen LogP contribution in [0.25, 0.3) is 0 Å². The lowest BCUT2D eigenvalue weighted by molar-refractivity contribution is 0.00849. The minimum absolute atomic E-state index is 0.176. The minimum atomic E-state index is -0.719. The Morgan fingerprint density at radius 1 is 0.333 bits per heavy atom. The highest BCUT2D eigenvalue weighted by molar-refractivity contribution is 5.53. The van der Waals surface area contributed by atoms with E-state index in [0.717, 1.165) is 96.7 Å². The summed E-state index contributed by atoms with van der Waals surface area (Å²) in [7, 11) is 0. The van der Waals surface area contributed by atoms with Gasteiger partial charge in [0.2, 0.25) is 0 Å². The molecule has 0 bridgehead atoms.